The van der Waals surface area contributed by atoms with Crippen LogP contribution in [0.3, 0.4) is 0 Å². The Bertz CT molecular complexity index is 1380. The van der Waals surface area contributed by atoms with Gasteiger partial charge in [0.05, 0.1) is 16.5 Å². The molecule has 0 saturated carbocycles. The molecule has 35 heavy (non-hydrogen) atoms. The van der Waals surface area contributed by atoms with Gasteiger partial charge < -0.3 is 10.4 Å². The molecule has 0 bridgehead atoms. The number of hydrogen-bond acceptors (Lipinski definition) is 6. The van der Waals surface area contributed by atoms with Gasteiger partial charge in [-0.05, 0) is 42.5 Å². The largest absolute Gasteiger partial charge is 0.507 e. The highest BCUT2D eigenvalue weighted by atomic mass is 19.1. The van der Waals surface area contributed by atoms with Crippen LogP contribution in [-0.4, -0.2) is 27.6 Å². The second-order valence-corrected chi connectivity index (χ2v) is 7.72. The lowest BCUT2D eigenvalue weighted by molar-refractivity contribution is -0.384. The normalized spacial score (nSPS) is 16.9. The summed E-state index contributed by atoms with van der Waals surface area (Å²) in [5.74, 6) is -3.63. The molecule has 1 aliphatic heterocycles. The Hall–Kier alpha value is -4.86. The maximum atomic E-state index is 14.9. The Balaban J connectivity index is 1.88. The molecule has 4 rings (SSSR count). The number of carbonyl (C=O) groups excluding carboxylic acids is 3. The molecule has 176 valence electrons. The monoisotopic (exact) mass is 475 g/mol. The predicted octanol–water partition coefficient (Wildman–Crippen LogP) is 4.32. The van der Waals surface area contributed by atoms with Crippen LogP contribution in [0.15, 0.2) is 78.4 Å². The molecule has 3 aromatic rings. The van der Waals surface area contributed by atoms with Crippen molar-refractivity contribution in [2.75, 3.05) is 10.2 Å². The van der Waals surface area contributed by atoms with E-state index in [2.05, 4.69) is 5.32 Å². The number of benzene rings is 3. The van der Waals surface area contributed by atoms with Gasteiger partial charge in [-0.1, -0.05) is 18.2 Å². The van der Waals surface area contributed by atoms with E-state index in [1.165, 1.54) is 67.6 Å². The van der Waals surface area contributed by atoms with E-state index in [0.29, 0.717) is 5.69 Å². The van der Waals surface area contributed by atoms with E-state index in [-0.39, 0.29) is 34.0 Å². The van der Waals surface area contributed by atoms with Gasteiger partial charge in [-0.15, -0.1) is 0 Å². The Morgan fingerprint density at radius 2 is 1.66 bits per heavy atom. The second kappa shape index (κ2) is 9.18. The molecule has 2 amide bonds. The van der Waals surface area contributed by atoms with Gasteiger partial charge in [0, 0.05) is 41.6 Å². The highest BCUT2D eigenvalue weighted by Crippen LogP contribution is 2.43. The topological polar surface area (TPSA) is 130 Å². The molecule has 0 radical (unpaired) electrons. The number of rotatable bonds is 5. The van der Waals surface area contributed by atoms with E-state index in [0.717, 1.165) is 17.0 Å². The number of nitro benzene ring substituents is 1. The summed E-state index contributed by atoms with van der Waals surface area (Å²) in [6.07, 6.45) is 0. The lowest BCUT2D eigenvalue weighted by Crippen LogP contribution is -2.29. The summed E-state index contributed by atoms with van der Waals surface area (Å²) in [5, 5.41) is 24.5. The van der Waals surface area contributed by atoms with Crippen molar-refractivity contribution in [3.05, 3.63) is 105 Å². The van der Waals surface area contributed by atoms with Crippen LogP contribution >= 0.6 is 0 Å². The fourth-order valence-corrected chi connectivity index (χ4v) is 3.90. The van der Waals surface area contributed by atoms with E-state index in [4.69, 9.17) is 0 Å². The summed E-state index contributed by atoms with van der Waals surface area (Å²) >= 11 is 0. The van der Waals surface area contributed by atoms with Crippen molar-refractivity contribution >= 4 is 40.4 Å². The Kier molecular flexibility index (Phi) is 6.11. The zero-order valence-corrected chi connectivity index (χ0v) is 18.3. The van der Waals surface area contributed by atoms with E-state index >= 15 is 0 Å². The SMILES string of the molecule is CC(=O)Nc1ccc(N2C(=O)C(=O)C(=C(O)c3ccc([N+](=O)[O-])cc3)[C@@H]2c2ccccc2F)cc1. The predicted molar refractivity (Wildman–Crippen MR) is 125 cm³/mol. The van der Waals surface area contributed by atoms with Crippen molar-refractivity contribution in [3.63, 3.8) is 0 Å². The van der Waals surface area contributed by atoms with Crippen LogP contribution in [0.5, 0.6) is 0 Å². The van der Waals surface area contributed by atoms with Crippen molar-refractivity contribution in [1.29, 1.82) is 0 Å². The van der Waals surface area contributed by atoms with Crippen molar-refractivity contribution in [2.45, 2.75) is 13.0 Å². The minimum atomic E-state index is -1.31. The molecule has 0 aromatic heterocycles. The number of nitrogens with zero attached hydrogens (tertiary/aromatic N) is 2. The van der Waals surface area contributed by atoms with E-state index in [9.17, 15) is 34.0 Å². The van der Waals surface area contributed by atoms with Crippen LogP contribution in [0.2, 0.25) is 0 Å². The summed E-state index contributed by atoms with van der Waals surface area (Å²) in [7, 11) is 0. The van der Waals surface area contributed by atoms with Crippen LogP contribution in [0, 0.1) is 15.9 Å². The minimum Gasteiger partial charge on any atom is -0.507 e. The number of halogens is 1. The number of aliphatic hydroxyl groups is 1. The van der Waals surface area contributed by atoms with Gasteiger partial charge in [0.2, 0.25) is 5.91 Å². The molecule has 3 aromatic carbocycles. The summed E-state index contributed by atoms with van der Waals surface area (Å²) in [6.45, 7) is 1.34. The zero-order chi connectivity index (χ0) is 25.3. The molecule has 1 saturated heterocycles. The molecule has 1 fully saturated rings. The molecular weight excluding hydrogens is 457 g/mol. The van der Waals surface area contributed by atoms with Gasteiger partial charge in [-0.3, -0.25) is 29.4 Å². The number of carbonyl (C=O) groups is 3. The molecule has 0 aliphatic carbocycles. The van der Waals surface area contributed by atoms with Gasteiger partial charge in [0.1, 0.15) is 11.6 Å². The Morgan fingerprint density at radius 3 is 2.23 bits per heavy atom. The van der Waals surface area contributed by atoms with Crippen molar-refractivity contribution in [1.82, 2.24) is 0 Å². The first-order chi connectivity index (χ1) is 16.7. The van der Waals surface area contributed by atoms with Crippen LogP contribution in [0.25, 0.3) is 5.76 Å². The fourth-order valence-electron chi connectivity index (χ4n) is 3.90. The number of Topliss-reactive ketones (excluding diaryl/α,β-unsaturated/α-hetero) is 1. The maximum Gasteiger partial charge on any atom is 0.300 e. The number of non-ortho nitro benzene ring substituents is 1. The molecule has 10 heteroatoms. The first-order valence-electron chi connectivity index (χ1n) is 10.4. The summed E-state index contributed by atoms with van der Waals surface area (Å²) < 4.78 is 14.9. The molecule has 1 heterocycles. The third kappa shape index (κ3) is 4.36. The van der Waals surface area contributed by atoms with Gasteiger partial charge >= 0.3 is 0 Å². The highest BCUT2D eigenvalue weighted by Gasteiger charge is 2.47. The number of hydrogen-bond donors (Lipinski definition) is 2. The molecule has 1 aliphatic rings. The average Bonchev–Trinajstić information content (AvgIpc) is 3.09. The van der Waals surface area contributed by atoms with Gasteiger partial charge in [-0.2, -0.15) is 0 Å². The van der Waals surface area contributed by atoms with E-state index < -0.39 is 34.2 Å². The second-order valence-electron chi connectivity index (χ2n) is 7.72. The maximum absolute atomic E-state index is 14.9. The van der Waals surface area contributed by atoms with Crippen LogP contribution in [0.1, 0.15) is 24.1 Å². The van der Waals surface area contributed by atoms with Gasteiger partial charge in [-0.25, -0.2) is 4.39 Å². The van der Waals surface area contributed by atoms with Crippen LogP contribution in [-0.2, 0) is 14.4 Å². The van der Waals surface area contributed by atoms with Crippen molar-refractivity contribution in [3.8, 4) is 0 Å². The average molecular weight is 475 g/mol. The van der Waals surface area contributed by atoms with Gasteiger partial charge in [0.15, 0.2) is 0 Å². The Morgan fingerprint density at radius 1 is 1.03 bits per heavy atom. The van der Waals surface area contributed by atoms with E-state index in [1.807, 2.05) is 0 Å². The quantitative estimate of drug-likeness (QED) is 0.186. The minimum absolute atomic E-state index is 0.0268. The van der Waals surface area contributed by atoms with Crippen molar-refractivity contribution in [2.24, 2.45) is 0 Å². The number of anilines is 2. The summed E-state index contributed by atoms with van der Waals surface area (Å²) in [6, 6.07) is 15.0. The van der Waals surface area contributed by atoms with Gasteiger partial charge in [0.25, 0.3) is 17.4 Å². The molecule has 2 N–H and O–H groups in total. The standard InChI is InChI=1S/C25H18FN3O6/c1-14(30)27-16-8-12-17(13-9-16)28-22(19-4-2-3-5-20(19)26)21(24(32)25(28)33)23(31)15-6-10-18(11-7-15)29(34)35/h2-13,22,31H,1H3,(H,27,30)/t22-/m0/s1. The Labute approximate surface area is 198 Å². The summed E-state index contributed by atoms with van der Waals surface area (Å²) in [4.78, 5) is 48.9. The third-order valence-corrected chi connectivity index (χ3v) is 5.46. The third-order valence-electron chi connectivity index (χ3n) is 5.46. The lowest BCUT2D eigenvalue weighted by Gasteiger charge is -2.26. The van der Waals surface area contributed by atoms with Crippen LogP contribution < -0.4 is 10.2 Å². The first kappa shape index (κ1) is 23.3. The number of amides is 2. The molecule has 1 atom stereocenters. The van der Waals surface area contributed by atoms with E-state index in [1.54, 1.807) is 0 Å². The zero-order valence-electron chi connectivity index (χ0n) is 18.3. The first-order valence-corrected chi connectivity index (χ1v) is 10.4. The molecule has 0 spiro atoms. The molecular formula is C25H18FN3O6. The highest BCUT2D eigenvalue weighted by molar-refractivity contribution is 6.51. The van der Waals surface area contributed by atoms with Crippen LogP contribution in [0.4, 0.5) is 21.5 Å². The number of nitrogens with one attached hydrogen (secondary N) is 1. The smallest absolute Gasteiger partial charge is 0.300 e. The summed E-state index contributed by atoms with van der Waals surface area (Å²) in [5.41, 5.74) is 0.118. The number of ketones is 1. The number of aliphatic hydroxyl groups excluding tert-OH is 1. The van der Waals surface area contributed by atoms with Crippen molar-refractivity contribution < 1.29 is 28.8 Å². The fraction of sp³-hybridized carbons (Fsp3) is 0.0800. The lowest BCUT2D eigenvalue weighted by atomic mass is 9.94. The molecule has 0 unspecified atom stereocenters. The molecule has 9 nitrogen and oxygen atoms in total. The number of nitro groups is 1.